The summed E-state index contributed by atoms with van der Waals surface area (Å²) in [6.07, 6.45) is 5.39. The molecule has 0 aliphatic heterocycles. The zero-order valence-corrected chi connectivity index (χ0v) is 12.6. The van der Waals surface area contributed by atoms with Crippen LogP contribution in [0, 0.1) is 0 Å². The smallest absolute Gasteiger partial charge is 0.264 e. The Morgan fingerprint density at radius 2 is 1.95 bits per heavy atom. The van der Waals surface area contributed by atoms with E-state index in [2.05, 4.69) is 11.6 Å². The standard InChI is InChI=1S/C17H18N2OS/c1-2-3-9-14-19(21-16-12-7-8-13-18-16)17(20)15-10-5-4-6-11-15/h2,4-8,10-13H,1,3,9,14H2. The van der Waals surface area contributed by atoms with Crippen LogP contribution in [-0.2, 0) is 0 Å². The number of carbonyl (C=O) groups excluding carboxylic acids is 1. The molecule has 0 aliphatic rings. The average Bonchev–Trinajstić information content (AvgIpc) is 2.55. The van der Waals surface area contributed by atoms with Gasteiger partial charge in [0.25, 0.3) is 5.91 Å². The summed E-state index contributed by atoms with van der Waals surface area (Å²) >= 11 is 1.38. The molecule has 2 rings (SSSR count). The van der Waals surface area contributed by atoms with E-state index in [0.29, 0.717) is 12.1 Å². The maximum atomic E-state index is 12.6. The number of carbonyl (C=O) groups is 1. The third-order valence-electron chi connectivity index (χ3n) is 2.86. The number of nitrogens with zero attached hydrogens (tertiary/aromatic N) is 2. The Balaban J connectivity index is 2.11. The van der Waals surface area contributed by atoms with Gasteiger partial charge in [-0.2, -0.15) is 0 Å². The molecule has 1 aromatic heterocycles. The molecule has 21 heavy (non-hydrogen) atoms. The van der Waals surface area contributed by atoms with Crippen molar-refractivity contribution < 1.29 is 4.79 Å². The molecule has 3 nitrogen and oxygen atoms in total. The molecular weight excluding hydrogens is 280 g/mol. The second-order valence-corrected chi connectivity index (χ2v) is 5.51. The Kier molecular flexibility index (Phi) is 6.03. The van der Waals surface area contributed by atoms with Crippen LogP contribution in [0.25, 0.3) is 0 Å². The van der Waals surface area contributed by atoms with Crippen LogP contribution >= 0.6 is 11.9 Å². The average molecular weight is 298 g/mol. The first-order chi connectivity index (χ1) is 10.3. The third kappa shape index (κ3) is 4.76. The molecule has 2 aromatic rings. The molecule has 0 atom stereocenters. The van der Waals surface area contributed by atoms with E-state index < -0.39 is 0 Å². The normalized spacial score (nSPS) is 10.1. The molecule has 0 bridgehead atoms. The van der Waals surface area contributed by atoms with Gasteiger partial charge in [-0.05, 0) is 37.1 Å². The Morgan fingerprint density at radius 3 is 2.62 bits per heavy atom. The predicted octanol–water partition coefficient (Wildman–Crippen LogP) is 4.20. The van der Waals surface area contributed by atoms with Crippen molar-refractivity contribution in [3.05, 3.63) is 72.9 Å². The minimum atomic E-state index is 0.00955. The van der Waals surface area contributed by atoms with Gasteiger partial charge in [0, 0.05) is 30.3 Å². The van der Waals surface area contributed by atoms with E-state index in [9.17, 15) is 4.79 Å². The number of hydrogen-bond acceptors (Lipinski definition) is 3. The number of unbranched alkanes of at least 4 members (excludes halogenated alkanes) is 1. The fourth-order valence-electron chi connectivity index (χ4n) is 1.81. The molecule has 1 aromatic carbocycles. The van der Waals surface area contributed by atoms with Gasteiger partial charge in [-0.25, -0.2) is 4.98 Å². The lowest BCUT2D eigenvalue weighted by molar-refractivity contribution is 0.0871. The summed E-state index contributed by atoms with van der Waals surface area (Å²) in [7, 11) is 0. The molecular formula is C17H18N2OS. The highest BCUT2D eigenvalue weighted by atomic mass is 32.2. The van der Waals surface area contributed by atoms with E-state index in [-0.39, 0.29) is 5.91 Å². The van der Waals surface area contributed by atoms with Crippen molar-refractivity contribution in [1.82, 2.24) is 9.29 Å². The molecule has 0 unspecified atom stereocenters. The van der Waals surface area contributed by atoms with E-state index in [1.54, 1.807) is 10.5 Å². The van der Waals surface area contributed by atoms with E-state index in [1.807, 2.05) is 54.6 Å². The first-order valence-electron chi connectivity index (χ1n) is 6.88. The second kappa shape index (κ2) is 8.27. The van der Waals surface area contributed by atoms with Crippen molar-refractivity contribution >= 4 is 17.9 Å². The zero-order chi connectivity index (χ0) is 14.9. The number of aromatic nitrogens is 1. The molecule has 0 aliphatic carbocycles. The van der Waals surface area contributed by atoms with E-state index in [4.69, 9.17) is 0 Å². The van der Waals surface area contributed by atoms with E-state index in [1.165, 1.54) is 11.9 Å². The number of allylic oxidation sites excluding steroid dienone is 1. The van der Waals surface area contributed by atoms with Crippen LogP contribution in [0.1, 0.15) is 23.2 Å². The monoisotopic (exact) mass is 298 g/mol. The zero-order valence-electron chi connectivity index (χ0n) is 11.8. The summed E-state index contributed by atoms with van der Waals surface area (Å²) in [5, 5.41) is 0.820. The molecule has 0 saturated heterocycles. The summed E-state index contributed by atoms with van der Waals surface area (Å²) in [5.74, 6) is 0.00955. The first kappa shape index (κ1) is 15.3. The number of hydrogen-bond donors (Lipinski definition) is 0. The Bertz CT molecular complexity index is 572. The molecule has 108 valence electrons. The van der Waals surface area contributed by atoms with Crippen molar-refractivity contribution in [2.75, 3.05) is 6.54 Å². The van der Waals surface area contributed by atoms with Crippen LogP contribution in [-0.4, -0.2) is 21.7 Å². The SMILES string of the molecule is C=CCCCN(Sc1ccccn1)C(=O)c1ccccc1. The van der Waals surface area contributed by atoms with Gasteiger partial charge in [0.15, 0.2) is 0 Å². The minimum absolute atomic E-state index is 0.00955. The molecule has 0 N–H and O–H groups in total. The molecule has 0 saturated carbocycles. The summed E-state index contributed by atoms with van der Waals surface area (Å²) in [6.45, 7) is 4.39. The summed E-state index contributed by atoms with van der Waals surface area (Å²) in [5.41, 5.74) is 0.694. The Labute approximate surface area is 129 Å². The Morgan fingerprint density at radius 1 is 1.19 bits per heavy atom. The number of amides is 1. The second-order valence-electron chi connectivity index (χ2n) is 4.46. The molecule has 0 fully saturated rings. The van der Waals surface area contributed by atoms with Gasteiger partial charge in [-0.3, -0.25) is 9.10 Å². The van der Waals surface area contributed by atoms with Crippen LogP contribution in [0.15, 0.2) is 72.4 Å². The van der Waals surface area contributed by atoms with Crippen LogP contribution < -0.4 is 0 Å². The highest BCUT2D eigenvalue weighted by molar-refractivity contribution is 7.97. The maximum Gasteiger partial charge on any atom is 0.264 e. The van der Waals surface area contributed by atoms with Crippen molar-refractivity contribution in [3.63, 3.8) is 0 Å². The summed E-state index contributed by atoms with van der Waals surface area (Å²) < 4.78 is 1.77. The number of rotatable bonds is 7. The van der Waals surface area contributed by atoms with Gasteiger partial charge in [0.2, 0.25) is 0 Å². The minimum Gasteiger partial charge on any atom is -0.277 e. The lowest BCUT2D eigenvalue weighted by Crippen LogP contribution is -2.25. The molecule has 1 amide bonds. The molecule has 1 heterocycles. The van der Waals surface area contributed by atoms with Gasteiger partial charge < -0.3 is 0 Å². The fraction of sp³-hybridized carbons (Fsp3) is 0.176. The fourth-order valence-corrected chi connectivity index (χ4v) is 2.69. The maximum absolute atomic E-state index is 12.6. The van der Waals surface area contributed by atoms with Gasteiger partial charge >= 0.3 is 0 Å². The van der Waals surface area contributed by atoms with Gasteiger partial charge in [0.1, 0.15) is 5.03 Å². The highest BCUT2D eigenvalue weighted by Gasteiger charge is 2.17. The van der Waals surface area contributed by atoms with Crippen molar-refractivity contribution in [3.8, 4) is 0 Å². The molecule has 0 spiro atoms. The lowest BCUT2D eigenvalue weighted by atomic mass is 10.2. The summed E-state index contributed by atoms with van der Waals surface area (Å²) in [6, 6.07) is 15.0. The van der Waals surface area contributed by atoms with Gasteiger partial charge in [-0.15, -0.1) is 6.58 Å². The molecule has 0 radical (unpaired) electrons. The molecule has 4 heteroatoms. The first-order valence-corrected chi connectivity index (χ1v) is 7.65. The van der Waals surface area contributed by atoms with Crippen molar-refractivity contribution in [1.29, 1.82) is 0 Å². The van der Waals surface area contributed by atoms with Gasteiger partial charge in [0.05, 0.1) is 0 Å². The number of pyridine rings is 1. The van der Waals surface area contributed by atoms with E-state index >= 15 is 0 Å². The van der Waals surface area contributed by atoms with Crippen LogP contribution in [0.5, 0.6) is 0 Å². The predicted molar refractivity (Wildman–Crippen MR) is 87.0 cm³/mol. The number of benzene rings is 1. The Hall–Kier alpha value is -2.07. The van der Waals surface area contributed by atoms with Crippen molar-refractivity contribution in [2.24, 2.45) is 0 Å². The quantitative estimate of drug-likeness (QED) is 0.436. The largest absolute Gasteiger partial charge is 0.277 e. The third-order valence-corrected chi connectivity index (χ3v) is 3.86. The summed E-state index contributed by atoms with van der Waals surface area (Å²) in [4.78, 5) is 16.9. The van der Waals surface area contributed by atoms with Gasteiger partial charge in [-0.1, -0.05) is 30.3 Å². The topological polar surface area (TPSA) is 33.2 Å². The van der Waals surface area contributed by atoms with Crippen LogP contribution in [0.4, 0.5) is 0 Å². The highest BCUT2D eigenvalue weighted by Crippen LogP contribution is 2.23. The lowest BCUT2D eigenvalue weighted by Gasteiger charge is -2.20. The van der Waals surface area contributed by atoms with Crippen LogP contribution in [0.3, 0.4) is 0 Å². The van der Waals surface area contributed by atoms with Crippen molar-refractivity contribution in [2.45, 2.75) is 17.9 Å². The van der Waals surface area contributed by atoms with Crippen LogP contribution in [0.2, 0.25) is 0 Å². The van der Waals surface area contributed by atoms with E-state index in [0.717, 1.165) is 17.9 Å².